The molecule has 0 saturated carbocycles. The zero-order valence-corrected chi connectivity index (χ0v) is 11.6. The van der Waals surface area contributed by atoms with Crippen molar-refractivity contribution in [2.45, 2.75) is 45.1 Å². The Morgan fingerprint density at radius 3 is 2.80 bits per heavy atom. The lowest BCUT2D eigenvalue weighted by molar-refractivity contribution is 0.0316. The van der Waals surface area contributed by atoms with Crippen LogP contribution in [-0.4, -0.2) is 22.3 Å². The van der Waals surface area contributed by atoms with Crippen LogP contribution in [-0.2, 0) is 4.74 Å². The second-order valence-corrected chi connectivity index (χ2v) is 5.19. The van der Waals surface area contributed by atoms with E-state index in [0.717, 1.165) is 38.2 Å². The standard InChI is InChI=1S/C16H20O4/c1-11-7-5-3-2-4-6-8-12-9-13(17)10-14(18)15(12)16(19)20-11/h6,8-11,17-18H,2-5,7H2,1H3/b8-6+/t11-/m1/s1. The molecule has 2 N–H and O–H groups in total. The van der Waals surface area contributed by atoms with Gasteiger partial charge < -0.3 is 14.9 Å². The Morgan fingerprint density at radius 2 is 2.00 bits per heavy atom. The van der Waals surface area contributed by atoms with E-state index in [2.05, 4.69) is 0 Å². The predicted molar refractivity (Wildman–Crippen MR) is 76.8 cm³/mol. The summed E-state index contributed by atoms with van der Waals surface area (Å²) in [6, 6.07) is 2.62. The van der Waals surface area contributed by atoms with Gasteiger partial charge in [0, 0.05) is 6.07 Å². The Bertz CT molecular complexity index is 519. The minimum absolute atomic E-state index is 0.0705. The van der Waals surface area contributed by atoms with Crippen LogP contribution in [0.25, 0.3) is 6.08 Å². The number of carbonyl (C=O) groups excluding carboxylic acids is 1. The third kappa shape index (κ3) is 3.53. The van der Waals surface area contributed by atoms with Crippen molar-refractivity contribution in [2.24, 2.45) is 0 Å². The second kappa shape index (κ2) is 6.46. The highest BCUT2D eigenvalue weighted by molar-refractivity contribution is 5.97. The Balaban J connectivity index is 2.40. The number of fused-ring (bicyclic) bond motifs is 1. The summed E-state index contributed by atoms with van der Waals surface area (Å²) < 4.78 is 5.36. The SMILES string of the molecule is C[C@@H]1CCCCC/C=C/c2cc(O)cc(O)c2C(=O)O1. The molecular weight excluding hydrogens is 256 g/mol. The summed E-state index contributed by atoms with van der Waals surface area (Å²) in [6.45, 7) is 1.86. The van der Waals surface area contributed by atoms with Crippen molar-refractivity contribution >= 4 is 12.0 Å². The van der Waals surface area contributed by atoms with Gasteiger partial charge >= 0.3 is 5.97 Å². The average Bonchev–Trinajstić information content (AvgIpc) is 2.35. The van der Waals surface area contributed by atoms with Gasteiger partial charge in [-0.25, -0.2) is 4.79 Å². The maximum atomic E-state index is 12.2. The maximum absolute atomic E-state index is 12.2. The van der Waals surface area contributed by atoms with Gasteiger partial charge in [-0.3, -0.25) is 0 Å². The smallest absolute Gasteiger partial charge is 0.342 e. The van der Waals surface area contributed by atoms with Crippen LogP contribution in [0.15, 0.2) is 18.2 Å². The van der Waals surface area contributed by atoms with E-state index in [1.807, 2.05) is 13.0 Å². The number of hydrogen-bond acceptors (Lipinski definition) is 4. The molecule has 2 rings (SSSR count). The van der Waals surface area contributed by atoms with Crippen LogP contribution >= 0.6 is 0 Å². The summed E-state index contributed by atoms with van der Waals surface area (Å²) in [7, 11) is 0. The van der Waals surface area contributed by atoms with Crippen molar-refractivity contribution in [1.82, 2.24) is 0 Å². The molecule has 1 aromatic carbocycles. The van der Waals surface area contributed by atoms with Gasteiger partial charge in [0.25, 0.3) is 0 Å². The molecule has 0 aliphatic carbocycles. The van der Waals surface area contributed by atoms with E-state index < -0.39 is 5.97 Å². The molecule has 0 fully saturated rings. The molecule has 1 heterocycles. The quantitative estimate of drug-likeness (QED) is 0.710. The summed E-state index contributed by atoms with van der Waals surface area (Å²) >= 11 is 0. The first-order valence-corrected chi connectivity index (χ1v) is 7.01. The number of aromatic hydroxyl groups is 2. The molecule has 1 aliphatic heterocycles. The van der Waals surface area contributed by atoms with Gasteiger partial charge in [-0.1, -0.05) is 18.6 Å². The number of cyclic esters (lactones) is 1. The molecular formula is C16H20O4. The Hall–Kier alpha value is -1.97. The molecule has 0 amide bonds. The summed E-state index contributed by atoms with van der Waals surface area (Å²) in [5, 5.41) is 19.5. The Morgan fingerprint density at radius 1 is 1.20 bits per heavy atom. The van der Waals surface area contributed by atoms with E-state index in [1.54, 1.807) is 6.08 Å². The van der Waals surface area contributed by atoms with Gasteiger partial charge in [-0.15, -0.1) is 0 Å². The lowest BCUT2D eigenvalue weighted by Crippen LogP contribution is -2.16. The van der Waals surface area contributed by atoms with E-state index in [-0.39, 0.29) is 23.2 Å². The minimum atomic E-state index is -0.546. The first kappa shape index (κ1) is 14.4. The van der Waals surface area contributed by atoms with Crippen LogP contribution in [0.2, 0.25) is 0 Å². The number of allylic oxidation sites excluding steroid dienone is 1. The highest BCUT2D eigenvalue weighted by Gasteiger charge is 2.20. The van der Waals surface area contributed by atoms with Crippen LogP contribution in [0.3, 0.4) is 0 Å². The number of phenols is 2. The third-order valence-electron chi connectivity index (χ3n) is 3.42. The number of rotatable bonds is 0. The number of hydrogen-bond donors (Lipinski definition) is 2. The van der Waals surface area contributed by atoms with Crippen molar-refractivity contribution in [3.8, 4) is 11.5 Å². The molecule has 0 radical (unpaired) electrons. The summed E-state index contributed by atoms with van der Waals surface area (Å²) in [4.78, 5) is 12.2. The summed E-state index contributed by atoms with van der Waals surface area (Å²) in [6.07, 6.45) is 8.48. The monoisotopic (exact) mass is 276 g/mol. The van der Waals surface area contributed by atoms with Crippen molar-refractivity contribution in [3.63, 3.8) is 0 Å². The topological polar surface area (TPSA) is 66.8 Å². The molecule has 4 nitrogen and oxygen atoms in total. The Kier molecular flexibility index (Phi) is 4.66. The molecule has 1 aliphatic rings. The number of phenolic OH excluding ortho intramolecular Hbond substituents is 2. The van der Waals surface area contributed by atoms with Gasteiger partial charge in [-0.05, 0) is 44.2 Å². The van der Waals surface area contributed by atoms with Crippen LogP contribution in [0.1, 0.15) is 54.9 Å². The number of carbonyl (C=O) groups is 1. The number of esters is 1. The van der Waals surface area contributed by atoms with Crippen molar-refractivity contribution < 1.29 is 19.7 Å². The fraction of sp³-hybridized carbons (Fsp3) is 0.438. The second-order valence-electron chi connectivity index (χ2n) is 5.19. The van der Waals surface area contributed by atoms with Gasteiger partial charge in [0.15, 0.2) is 0 Å². The third-order valence-corrected chi connectivity index (χ3v) is 3.42. The number of benzene rings is 1. The van der Waals surface area contributed by atoms with E-state index in [1.165, 1.54) is 6.07 Å². The van der Waals surface area contributed by atoms with E-state index in [9.17, 15) is 15.0 Å². The molecule has 0 spiro atoms. The molecule has 1 atom stereocenters. The lowest BCUT2D eigenvalue weighted by Gasteiger charge is -2.16. The van der Waals surface area contributed by atoms with Crippen LogP contribution < -0.4 is 0 Å². The van der Waals surface area contributed by atoms with Gasteiger partial charge in [-0.2, -0.15) is 0 Å². The molecule has 0 unspecified atom stereocenters. The largest absolute Gasteiger partial charge is 0.508 e. The maximum Gasteiger partial charge on any atom is 0.342 e. The zero-order valence-electron chi connectivity index (χ0n) is 11.6. The zero-order chi connectivity index (χ0) is 14.5. The molecule has 20 heavy (non-hydrogen) atoms. The fourth-order valence-corrected chi connectivity index (χ4v) is 2.37. The van der Waals surface area contributed by atoms with Crippen molar-refractivity contribution in [1.29, 1.82) is 0 Å². The van der Waals surface area contributed by atoms with Gasteiger partial charge in [0.2, 0.25) is 0 Å². The van der Waals surface area contributed by atoms with Crippen LogP contribution in [0, 0.1) is 0 Å². The predicted octanol–water partition coefficient (Wildman–Crippen LogP) is 3.62. The molecule has 108 valence electrons. The first-order chi connectivity index (χ1) is 9.58. The summed E-state index contributed by atoms with van der Waals surface area (Å²) in [5.74, 6) is -0.868. The van der Waals surface area contributed by atoms with E-state index >= 15 is 0 Å². The van der Waals surface area contributed by atoms with Crippen molar-refractivity contribution in [2.75, 3.05) is 0 Å². The van der Waals surface area contributed by atoms with Gasteiger partial charge in [0.1, 0.15) is 17.1 Å². The molecule has 4 heteroatoms. The summed E-state index contributed by atoms with van der Waals surface area (Å²) in [5.41, 5.74) is 0.603. The molecule has 0 aromatic heterocycles. The molecule has 1 aromatic rings. The van der Waals surface area contributed by atoms with E-state index in [4.69, 9.17) is 4.74 Å². The van der Waals surface area contributed by atoms with Crippen LogP contribution in [0.4, 0.5) is 0 Å². The highest BCUT2D eigenvalue weighted by atomic mass is 16.5. The van der Waals surface area contributed by atoms with Crippen molar-refractivity contribution in [3.05, 3.63) is 29.3 Å². The van der Waals surface area contributed by atoms with Gasteiger partial charge in [0.05, 0.1) is 6.10 Å². The number of ether oxygens (including phenoxy) is 1. The minimum Gasteiger partial charge on any atom is -0.508 e. The highest BCUT2D eigenvalue weighted by Crippen LogP contribution is 2.30. The normalized spacial score (nSPS) is 22.1. The molecule has 0 bridgehead atoms. The van der Waals surface area contributed by atoms with Crippen LogP contribution in [0.5, 0.6) is 11.5 Å². The van der Waals surface area contributed by atoms with E-state index in [0.29, 0.717) is 5.56 Å². The lowest BCUT2D eigenvalue weighted by atomic mass is 10.0. The average molecular weight is 276 g/mol. The first-order valence-electron chi connectivity index (χ1n) is 7.01. The fourth-order valence-electron chi connectivity index (χ4n) is 2.37. The Labute approximate surface area is 118 Å². The molecule has 0 saturated heterocycles.